The van der Waals surface area contributed by atoms with Crippen LogP contribution < -0.4 is 9.47 Å². The summed E-state index contributed by atoms with van der Waals surface area (Å²) in [6.07, 6.45) is 3.61. The molecule has 0 aromatic heterocycles. The molecule has 0 fully saturated rings. The summed E-state index contributed by atoms with van der Waals surface area (Å²) >= 11 is 0. The monoisotopic (exact) mass is 358 g/mol. The van der Waals surface area contributed by atoms with E-state index in [0.29, 0.717) is 22.8 Å². The summed E-state index contributed by atoms with van der Waals surface area (Å²) in [5.74, 6) is 1.33. The standard InChI is InChI=1S/C23H18O4/c1-25-20-11-10-17(13-22(20)26-2)21-14-18(23(24)27-21)12-16-8-5-7-15-6-3-4-9-19(15)16/h3-14H,1-2H3/b18-12+. The molecule has 3 aromatic carbocycles. The van der Waals surface area contributed by atoms with Crippen LogP contribution in [0.3, 0.4) is 0 Å². The number of carbonyl (C=O) groups is 1. The van der Waals surface area contributed by atoms with Crippen molar-refractivity contribution in [3.63, 3.8) is 0 Å². The Morgan fingerprint density at radius 1 is 0.889 bits per heavy atom. The van der Waals surface area contributed by atoms with Crippen molar-refractivity contribution in [3.8, 4) is 11.5 Å². The Bertz CT molecular complexity index is 1090. The molecule has 3 aromatic rings. The zero-order valence-electron chi connectivity index (χ0n) is 15.1. The van der Waals surface area contributed by atoms with E-state index in [4.69, 9.17) is 14.2 Å². The summed E-state index contributed by atoms with van der Waals surface area (Å²) in [6.45, 7) is 0. The number of hydrogen-bond acceptors (Lipinski definition) is 4. The smallest absolute Gasteiger partial charge is 0.343 e. The summed E-state index contributed by atoms with van der Waals surface area (Å²) in [5, 5.41) is 2.22. The van der Waals surface area contributed by atoms with Crippen LogP contribution in [-0.2, 0) is 9.53 Å². The van der Waals surface area contributed by atoms with E-state index in [-0.39, 0.29) is 5.97 Å². The minimum Gasteiger partial charge on any atom is -0.493 e. The number of esters is 1. The van der Waals surface area contributed by atoms with Gasteiger partial charge >= 0.3 is 5.97 Å². The molecule has 0 saturated heterocycles. The summed E-state index contributed by atoms with van der Waals surface area (Å²) in [7, 11) is 3.15. The Hall–Kier alpha value is -3.53. The Labute approximate surface area is 157 Å². The SMILES string of the molecule is COc1ccc(C2=C/C(=C\c3cccc4ccccc34)C(=O)O2)cc1OC. The molecule has 1 aliphatic rings. The van der Waals surface area contributed by atoms with Crippen LogP contribution in [0.2, 0.25) is 0 Å². The largest absolute Gasteiger partial charge is 0.493 e. The number of benzene rings is 3. The van der Waals surface area contributed by atoms with Gasteiger partial charge in [-0.3, -0.25) is 0 Å². The van der Waals surface area contributed by atoms with Crippen molar-refractivity contribution < 1.29 is 19.0 Å². The van der Waals surface area contributed by atoms with Gasteiger partial charge in [-0.05, 0) is 46.7 Å². The first-order chi connectivity index (χ1) is 13.2. The summed E-state index contributed by atoms with van der Waals surface area (Å²) in [6, 6.07) is 19.5. The van der Waals surface area contributed by atoms with Gasteiger partial charge in [-0.2, -0.15) is 0 Å². The lowest BCUT2D eigenvalue weighted by Gasteiger charge is -2.09. The van der Waals surface area contributed by atoms with E-state index >= 15 is 0 Å². The van der Waals surface area contributed by atoms with Crippen molar-refractivity contribution in [2.24, 2.45) is 0 Å². The molecule has 134 valence electrons. The summed E-state index contributed by atoms with van der Waals surface area (Å²) in [5.41, 5.74) is 2.24. The van der Waals surface area contributed by atoms with Gasteiger partial charge in [0.1, 0.15) is 5.76 Å². The van der Waals surface area contributed by atoms with Gasteiger partial charge in [-0.1, -0.05) is 42.5 Å². The van der Waals surface area contributed by atoms with E-state index < -0.39 is 0 Å². The quantitative estimate of drug-likeness (QED) is 0.495. The van der Waals surface area contributed by atoms with Gasteiger partial charge in [0.05, 0.1) is 19.8 Å². The van der Waals surface area contributed by atoms with Gasteiger partial charge in [0.15, 0.2) is 11.5 Å². The molecule has 0 radical (unpaired) electrons. The highest BCUT2D eigenvalue weighted by atomic mass is 16.5. The first-order valence-electron chi connectivity index (χ1n) is 8.55. The molecule has 0 N–H and O–H groups in total. The fraction of sp³-hybridized carbons (Fsp3) is 0.0870. The Morgan fingerprint density at radius 2 is 1.67 bits per heavy atom. The number of carbonyl (C=O) groups excluding carboxylic acids is 1. The van der Waals surface area contributed by atoms with Gasteiger partial charge in [0.2, 0.25) is 0 Å². The molecule has 0 spiro atoms. The minimum absolute atomic E-state index is 0.368. The maximum Gasteiger partial charge on any atom is 0.343 e. The molecular weight excluding hydrogens is 340 g/mol. The van der Waals surface area contributed by atoms with Gasteiger partial charge in [-0.15, -0.1) is 0 Å². The third-order valence-corrected chi connectivity index (χ3v) is 4.53. The average Bonchev–Trinajstić information content (AvgIpc) is 3.08. The predicted octanol–water partition coefficient (Wildman–Crippen LogP) is 4.84. The van der Waals surface area contributed by atoms with E-state index in [1.165, 1.54) is 0 Å². The van der Waals surface area contributed by atoms with Crippen LogP contribution in [-0.4, -0.2) is 20.2 Å². The van der Waals surface area contributed by atoms with Crippen molar-refractivity contribution in [2.45, 2.75) is 0 Å². The third kappa shape index (κ3) is 3.17. The van der Waals surface area contributed by atoms with Crippen LogP contribution in [0, 0.1) is 0 Å². The number of ether oxygens (including phenoxy) is 3. The van der Waals surface area contributed by atoms with Crippen LogP contribution in [0.25, 0.3) is 22.6 Å². The lowest BCUT2D eigenvalue weighted by Crippen LogP contribution is -1.98. The topological polar surface area (TPSA) is 44.8 Å². The second-order valence-electron chi connectivity index (χ2n) is 6.14. The first kappa shape index (κ1) is 16.9. The van der Waals surface area contributed by atoms with E-state index in [1.807, 2.05) is 42.5 Å². The molecule has 0 bridgehead atoms. The minimum atomic E-state index is -0.368. The van der Waals surface area contributed by atoms with Crippen LogP contribution in [0.5, 0.6) is 11.5 Å². The molecular formula is C23H18O4. The van der Waals surface area contributed by atoms with Crippen LogP contribution in [0.1, 0.15) is 11.1 Å². The second kappa shape index (κ2) is 7.00. The molecule has 0 unspecified atom stereocenters. The molecule has 4 heteroatoms. The Morgan fingerprint density at radius 3 is 2.48 bits per heavy atom. The van der Waals surface area contributed by atoms with E-state index in [1.54, 1.807) is 32.4 Å². The highest BCUT2D eigenvalue weighted by Gasteiger charge is 2.23. The molecule has 4 rings (SSSR count). The zero-order chi connectivity index (χ0) is 18.8. The first-order valence-corrected chi connectivity index (χ1v) is 8.55. The van der Waals surface area contributed by atoms with E-state index in [2.05, 4.69) is 12.1 Å². The van der Waals surface area contributed by atoms with Gasteiger partial charge < -0.3 is 14.2 Å². The number of hydrogen-bond donors (Lipinski definition) is 0. The molecule has 0 saturated carbocycles. The Balaban J connectivity index is 1.74. The fourth-order valence-electron chi connectivity index (χ4n) is 3.16. The molecule has 1 heterocycles. The molecule has 1 aliphatic heterocycles. The average molecular weight is 358 g/mol. The van der Waals surface area contributed by atoms with Crippen molar-refractivity contribution in [1.82, 2.24) is 0 Å². The van der Waals surface area contributed by atoms with E-state index in [9.17, 15) is 4.79 Å². The number of fused-ring (bicyclic) bond motifs is 1. The maximum atomic E-state index is 12.4. The van der Waals surface area contributed by atoms with Gasteiger partial charge in [-0.25, -0.2) is 4.79 Å². The van der Waals surface area contributed by atoms with Crippen molar-refractivity contribution in [2.75, 3.05) is 14.2 Å². The molecule has 27 heavy (non-hydrogen) atoms. The lowest BCUT2D eigenvalue weighted by atomic mass is 10.0. The second-order valence-corrected chi connectivity index (χ2v) is 6.14. The summed E-state index contributed by atoms with van der Waals surface area (Å²) < 4.78 is 16.1. The fourth-order valence-corrected chi connectivity index (χ4v) is 3.16. The van der Waals surface area contributed by atoms with Crippen molar-refractivity contribution in [1.29, 1.82) is 0 Å². The molecule has 0 aliphatic carbocycles. The van der Waals surface area contributed by atoms with Crippen LogP contribution in [0.4, 0.5) is 0 Å². The molecule has 0 atom stereocenters. The predicted molar refractivity (Wildman–Crippen MR) is 106 cm³/mol. The van der Waals surface area contributed by atoms with Crippen LogP contribution >= 0.6 is 0 Å². The highest BCUT2D eigenvalue weighted by Crippen LogP contribution is 2.34. The van der Waals surface area contributed by atoms with E-state index in [0.717, 1.165) is 21.9 Å². The number of rotatable bonds is 4. The van der Waals surface area contributed by atoms with Crippen molar-refractivity contribution in [3.05, 3.63) is 83.4 Å². The van der Waals surface area contributed by atoms with Crippen molar-refractivity contribution >= 4 is 28.6 Å². The lowest BCUT2D eigenvalue weighted by molar-refractivity contribution is -0.130. The zero-order valence-corrected chi connectivity index (χ0v) is 15.1. The third-order valence-electron chi connectivity index (χ3n) is 4.53. The number of cyclic esters (lactones) is 1. The number of methoxy groups -OCH3 is 2. The molecule has 0 amide bonds. The summed E-state index contributed by atoms with van der Waals surface area (Å²) in [4.78, 5) is 12.4. The Kier molecular flexibility index (Phi) is 4.38. The molecule has 4 nitrogen and oxygen atoms in total. The maximum absolute atomic E-state index is 12.4. The normalized spacial score (nSPS) is 15.0. The highest BCUT2D eigenvalue weighted by molar-refractivity contribution is 6.06. The van der Waals surface area contributed by atoms with Gasteiger partial charge in [0.25, 0.3) is 0 Å². The van der Waals surface area contributed by atoms with Gasteiger partial charge in [0, 0.05) is 5.56 Å². The van der Waals surface area contributed by atoms with Crippen LogP contribution in [0.15, 0.2) is 72.3 Å².